The molecule has 0 atom stereocenters. The number of carbonyl (C=O) groups is 1. The van der Waals surface area contributed by atoms with Crippen LogP contribution in [0.15, 0.2) is 36.4 Å². The molecule has 1 heterocycles. The quantitative estimate of drug-likeness (QED) is 0.849. The highest BCUT2D eigenvalue weighted by atomic mass is 16.5. The van der Waals surface area contributed by atoms with Gasteiger partial charge in [-0.05, 0) is 43.2 Å². The normalized spacial score (nSPS) is 12.9. The molecule has 0 fully saturated rings. The number of carbonyl (C=O) groups excluding carboxylic acids is 1. The summed E-state index contributed by atoms with van der Waals surface area (Å²) in [6.07, 6.45) is -0.490. The number of rotatable bonds is 3. The molecule has 0 saturated carbocycles. The maximum atomic E-state index is 11.5. The van der Waals surface area contributed by atoms with E-state index in [0.717, 1.165) is 18.8 Å². The van der Waals surface area contributed by atoms with E-state index in [4.69, 9.17) is 10.5 Å². The Morgan fingerprint density at radius 1 is 1.22 bits per heavy atom. The van der Waals surface area contributed by atoms with Crippen molar-refractivity contribution in [1.29, 1.82) is 0 Å². The summed E-state index contributed by atoms with van der Waals surface area (Å²) in [5.74, 6) is 0. The highest BCUT2D eigenvalue weighted by Gasteiger charge is 2.19. The summed E-state index contributed by atoms with van der Waals surface area (Å²) >= 11 is 0. The van der Waals surface area contributed by atoms with Gasteiger partial charge in [-0.3, -0.25) is 5.32 Å². The van der Waals surface area contributed by atoms with E-state index >= 15 is 0 Å². The van der Waals surface area contributed by atoms with Crippen LogP contribution in [-0.4, -0.2) is 12.7 Å². The average Bonchev–Trinajstić information content (AvgIpc) is 2.92. The molecule has 0 aliphatic carbocycles. The molecule has 5 heteroatoms. The Labute approximate surface area is 136 Å². The molecule has 1 aliphatic rings. The number of nitrogens with one attached hydrogen (secondary N) is 1. The number of benzene rings is 2. The van der Waals surface area contributed by atoms with Crippen molar-refractivity contribution in [3.8, 4) is 0 Å². The number of nitrogen functional groups attached to an aromatic ring is 1. The van der Waals surface area contributed by atoms with Crippen LogP contribution in [0.5, 0.6) is 0 Å². The molecule has 0 unspecified atom stereocenters. The van der Waals surface area contributed by atoms with Crippen LogP contribution in [0.1, 0.15) is 23.6 Å². The number of amides is 1. The number of anilines is 3. The van der Waals surface area contributed by atoms with Gasteiger partial charge in [-0.2, -0.15) is 0 Å². The number of nitrogens with two attached hydrogens (primary N) is 1. The predicted octanol–water partition coefficient (Wildman–Crippen LogP) is 3.67. The van der Waals surface area contributed by atoms with Crippen molar-refractivity contribution in [2.75, 3.05) is 22.6 Å². The molecule has 2 aromatic carbocycles. The summed E-state index contributed by atoms with van der Waals surface area (Å²) in [5.41, 5.74) is 12.2. The van der Waals surface area contributed by atoms with Gasteiger partial charge in [0.25, 0.3) is 0 Å². The van der Waals surface area contributed by atoms with Crippen molar-refractivity contribution in [1.82, 2.24) is 0 Å². The fourth-order valence-electron chi connectivity index (χ4n) is 2.84. The summed E-state index contributed by atoms with van der Waals surface area (Å²) in [6, 6.07) is 12.2. The monoisotopic (exact) mass is 311 g/mol. The molecule has 23 heavy (non-hydrogen) atoms. The summed E-state index contributed by atoms with van der Waals surface area (Å²) in [4.78, 5) is 13.8. The topological polar surface area (TPSA) is 67.6 Å². The Morgan fingerprint density at radius 3 is 2.74 bits per heavy atom. The maximum absolute atomic E-state index is 11.5. The van der Waals surface area contributed by atoms with E-state index in [9.17, 15) is 4.79 Å². The largest absolute Gasteiger partial charge is 0.450 e. The molecule has 3 rings (SSSR count). The Kier molecular flexibility index (Phi) is 4.10. The van der Waals surface area contributed by atoms with Gasteiger partial charge in [0.1, 0.15) is 0 Å². The fraction of sp³-hybridized carbons (Fsp3) is 0.278. The van der Waals surface area contributed by atoms with Crippen LogP contribution in [0.25, 0.3) is 0 Å². The highest BCUT2D eigenvalue weighted by molar-refractivity contribution is 5.89. The van der Waals surface area contributed by atoms with Crippen LogP contribution in [0.4, 0.5) is 21.9 Å². The maximum Gasteiger partial charge on any atom is 0.411 e. The van der Waals surface area contributed by atoms with Crippen molar-refractivity contribution in [3.05, 3.63) is 53.1 Å². The number of fused-ring (bicyclic) bond motifs is 1. The van der Waals surface area contributed by atoms with Crippen LogP contribution >= 0.6 is 0 Å². The molecule has 120 valence electrons. The molecule has 1 amide bonds. The van der Waals surface area contributed by atoms with Gasteiger partial charge < -0.3 is 15.4 Å². The van der Waals surface area contributed by atoms with Crippen LogP contribution < -0.4 is 16.0 Å². The van der Waals surface area contributed by atoms with Crippen molar-refractivity contribution >= 4 is 23.2 Å². The van der Waals surface area contributed by atoms with Gasteiger partial charge in [-0.1, -0.05) is 23.8 Å². The second-order valence-corrected chi connectivity index (χ2v) is 5.75. The van der Waals surface area contributed by atoms with Crippen LogP contribution in [0, 0.1) is 6.92 Å². The van der Waals surface area contributed by atoms with Gasteiger partial charge in [0.15, 0.2) is 0 Å². The second kappa shape index (κ2) is 6.20. The molecule has 3 N–H and O–H groups in total. The lowest BCUT2D eigenvalue weighted by Gasteiger charge is -2.19. The molecular formula is C18H21N3O2. The van der Waals surface area contributed by atoms with Gasteiger partial charge in [-0.25, -0.2) is 4.79 Å². The van der Waals surface area contributed by atoms with Crippen LogP contribution in [0.2, 0.25) is 0 Å². The highest BCUT2D eigenvalue weighted by Crippen LogP contribution is 2.32. The Balaban J connectivity index is 1.75. The molecule has 5 nitrogen and oxygen atoms in total. The number of aryl methyl sites for hydroxylation is 1. The molecule has 0 bridgehead atoms. The fourth-order valence-corrected chi connectivity index (χ4v) is 2.84. The van der Waals surface area contributed by atoms with Crippen molar-refractivity contribution in [3.63, 3.8) is 0 Å². The van der Waals surface area contributed by atoms with Gasteiger partial charge in [-0.15, -0.1) is 0 Å². The Hall–Kier alpha value is -2.69. The van der Waals surface area contributed by atoms with Gasteiger partial charge in [0.2, 0.25) is 0 Å². The van der Waals surface area contributed by atoms with Crippen LogP contribution in [-0.2, 0) is 17.8 Å². The lowest BCUT2D eigenvalue weighted by atomic mass is 10.1. The van der Waals surface area contributed by atoms with Gasteiger partial charge in [0, 0.05) is 18.8 Å². The van der Waals surface area contributed by atoms with E-state index in [1.807, 2.05) is 18.2 Å². The summed E-state index contributed by atoms with van der Waals surface area (Å²) < 4.78 is 4.87. The number of hydrogen-bond donors (Lipinski definition) is 2. The van der Waals surface area contributed by atoms with E-state index in [1.54, 1.807) is 6.92 Å². The minimum absolute atomic E-state index is 0.329. The SMILES string of the molecule is CCOC(=O)Nc1ccc(N2Cc3ccc(C)cc3C2)cc1N. The third-order valence-corrected chi connectivity index (χ3v) is 4.00. The van der Waals surface area contributed by atoms with Gasteiger partial charge in [0.05, 0.1) is 18.0 Å². The van der Waals surface area contributed by atoms with Crippen molar-refractivity contribution < 1.29 is 9.53 Å². The smallest absolute Gasteiger partial charge is 0.411 e. The minimum atomic E-state index is -0.490. The molecule has 2 aromatic rings. The van der Waals surface area contributed by atoms with E-state index < -0.39 is 6.09 Å². The standard InChI is InChI=1S/C18H21N3O2/c1-3-23-18(22)20-17-7-6-15(9-16(17)19)21-10-13-5-4-12(2)8-14(13)11-21/h4-9H,3,10-11,19H2,1-2H3,(H,20,22). The first-order valence-corrected chi connectivity index (χ1v) is 7.73. The molecule has 0 radical (unpaired) electrons. The third-order valence-electron chi connectivity index (χ3n) is 4.00. The van der Waals surface area contributed by atoms with Crippen LogP contribution in [0.3, 0.4) is 0 Å². The van der Waals surface area contributed by atoms with Gasteiger partial charge >= 0.3 is 6.09 Å². The first kappa shape index (κ1) is 15.2. The van der Waals surface area contributed by atoms with Crippen molar-refractivity contribution in [2.45, 2.75) is 26.9 Å². The molecule has 0 spiro atoms. The first-order valence-electron chi connectivity index (χ1n) is 7.73. The molecule has 1 aliphatic heterocycles. The zero-order valence-electron chi connectivity index (χ0n) is 13.4. The summed E-state index contributed by atoms with van der Waals surface area (Å²) in [5, 5.41) is 2.65. The number of ether oxygens (including phenoxy) is 1. The molecule has 0 aromatic heterocycles. The Morgan fingerprint density at radius 2 is 2.00 bits per heavy atom. The minimum Gasteiger partial charge on any atom is -0.450 e. The molecular weight excluding hydrogens is 290 g/mol. The van der Waals surface area contributed by atoms with Crippen molar-refractivity contribution in [2.24, 2.45) is 0 Å². The van der Waals surface area contributed by atoms with E-state index in [-0.39, 0.29) is 0 Å². The Bertz CT molecular complexity index is 743. The number of nitrogens with zero attached hydrogens (tertiary/aromatic N) is 1. The van der Waals surface area contributed by atoms with E-state index in [1.165, 1.54) is 16.7 Å². The van der Waals surface area contributed by atoms with E-state index in [2.05, 4.69) is 35.3 Å². The average molecular weight is 311 g/mol. The lowest BCUT2D eigenvalue weighted by Crippen LogP contribution is -2.16. The zero-order chi connectivity index (χ0) is 16.4. The third kappa shape index (κ3) is 3.23. The number of hydrogen-bond acceptors (Lipinski definition) is 4. The lowest BCUT2D eigenvalue weighted by molar-refractivity contribution is 0.168. The zero-order valence-corrected chi connectivity index (χ0v) is 13.4. The van der Waals surface area contributed by atoms with E-state index in [0.29, 0.717) is 18.0 Å². The first-order chi connectivity index (χ1) is 11.1. The molecule has 0 saturated heterocycles. The summed E-state index contributed by atoms with van der Waals surface area (Å²) in [7, 11) is 0. The second-order valence-electron chi connectivity index (χ2n) is 5.75. The summed E-state index contributed by atoms with van der Waals surface area (Å²) in [6.45, 7) is 5.95. The predicted molar refractivity (Wildman–Crippen MR) is 92.6 cm³/mol.